The van der Waals surface area contributed by atoms with Crippen LogP contribution >= 0.6 is 12.4 Å². The summed E-state index contributed by atoms with van der Waals surface area (Å²) >= 11 is 0. The van der Waals surface area contributed by atoms with E-state index in [2.05, 4.69) is 9.97 Å². The maximum Gasteiger partial charge on any atom is 0.213 e. The van der Waals surface area contributed by atoms with Gasteiger partial charge in [0.2, 0.25) is 5.78 Å². The lowest BCUT2D eigenvalue weighted by molar-refractivity contribution is 0.0991. The van der Waals surface area contributed by atoms with Crippen LogP contribution in [0.4, 0.5) is 0 Å². The molecule has 1 aromatic rings. The summed E-state index contributed by atoms with van der Waals surface area (Å²) in [7, 11) is 0. The Balaban J connectivity index is 0.000001000. The molecule has 0 atom stereocenters. The fourth-order valence-electron chi connectivity index (χ4n) is 0.534. The summed E-state index contributed by atoms with van der Waals surface area (Å²) < 4.78 is 0. The van der Waals surface area contributed by atoms with E-state index in [1.165, 1.54) is 12.4 Å². The maximum absolute atomic E-state index is 10.8. The molecule has 11 heavy (non-hydrogen) atoms. The zero-order valence-corrected chi connectivity index (χ0v) is 6.54. The molecule has 0 aromatic carbocycles. The molecular formula is C6H8ClN3O. The third-order valence-electron chi connectivity index (χ3n) is 1.00. The van der Waals surface area contributed by atoms with Gasteiger partial charge in [0.25, 0.3) is 0 Å². The van der Waals surface area contributed by atoms with E-state index < -0.39 is 0 Å². The normalized spacial score (nSPS) is 8.45. The number of nitrogens with two attached hydrogens (primary N) is 1. The van der Waals surface area contributed by atoms with Crippen LogP contribution in [-0.2, 0) is 0 Å². The molecule has 0 fully saturated rings. The highest BCUT2D eigenvalue weighted by molar-refractivity contribution is 5.93. The van der Waals surface area contributed by atoms with E-state index in [1.807, 2.05) is 0 Å². The minimum absolute atomic E-state index is 0. The molecule has 1 rings (SSSR count). The number of Topliss-reactive ketones (excluding diaryl/α,β-unsaturated/α-hetero) is 1. The highest BCUT2D eigenvalue weighted by Crippen LogP contribution is 1.86. The van der Waals surface area contributed by atoms with Crippen molar-refractivity contribution in [2.45, 2.75) is 0 Å². The Morgan fingerprint density at radius 3 is 2.45 bits per heavy atom. The SMILES string of the molecule is Cl.NCC(=O)c1ncccn1. The van der Waals surface area contributed by atoms with Crippen LogP contribution in [0, 0.1) is 0 Å². The summed E-state index contributed by atoms with van der Waals surface area (Å²) in [5.41, 5.74) is 5.07. The molecular weight excluding hydrogens is 166 g/mol. The van der Waals surface area contributed by atoms with Crippen molar-refractivity contribution in [1.82, 2.24) is 9.97 Å². The van der Waals surface area contributed by atoms with Gasteiger partial charge in [-0.2, -0.15) is 0 Å². The number of aromatic nitrogens is 2. The van der Waals surface area contributed by atoms with Gasteiger partial charge in [0.05, 0.1) is 6.54 Å². The standard InChI is InChI=1S/C6H7N3O.ClH/c7-4-5(10)6-8-2-1-3-9-6;/h1-3H,4,7H2;1H. The highest BCUT2D eigenvalue weighted by atomic mass is 35.5. The zero-order chi connectivity index (χ0) is 7.40. The van der Waals surface area contributed by atoms with Crippen LogP contribution < -0.4 is 5.73 Å². The molecule has 60 valence electrons. The van der Waals surface area contributed by atoms with Crippen LogP contribution in [-0.4, -0.2) is 22.3 Å². The molecule has 0 aliphatic heterocycles. The Hall–Kier alpha value is -1.00. The molecule has 4 nitrogen and oxygen atoms in total. The molecule has 0 radical (unpaired) electrons. The van der Waals surface area contributed by atoms with Gasteiger partial charge in [-0.1, -0.05) is 0 Å². The number of rotatable bonds is 2. The van der Waals surface area contributed by atoms with E-state index in [0.29, 0.717) is 0 Å². The Morgan fingerprint density at radius 2 is 2.00 bits per heavy atom. The molecule has 0 bridgehead atoms. The minimum Gasteiger partial charge on any atom is -0.324 e. The zero-order valence-electron chi connectivity index (χ0n) is 5.73. The van der Waals surface area contributed by atoms with Crippen molar-refractivity contribution in [2.24, 2.45) is 5.73 Å². The van der Waals surface area contributed by atoms with E-state index in [4.69, 9.17) is 5.73 Å². The first-order chi connectivity index (χ1) is 4.84. The fraction of sp³-hybridized carbons (Fsp3) is 0.167. The van der Waals surface area contributed by atoms with E-state index >= 15 is 0 Å². The average molecular weight is 174 g/mol. The number of carbonyl (C=O) groups excluding carboxylic acids is 1. The third kappa shape index (κ3) is 2.61. The van der Waals surface area contributed by atoms with Crippen molar-refractivity contribution in [3.8, 4) is 0 Å². The van der Waals surface area contributed by atoms with Crippen molar-refractivity contribution in [3.63, 3.8) is 0 Å². The van der Waals surface area contributed by atoms with Crippen LogP contribution in [0.1, 0.15) is 10.6 Å². The topological polar surface area (TPSA) is 68.9 Å². The first-order valence-corrected chi connectivity index (χ1v) is 2.85. The summed E-state index contributed by atoms with van der Waals surface area (Å²) in [4.78, 5) is 18.2. The van der Waals surface area contributed by atoms with Crippen LogP contribution in [0.2, 0.25) is 0 Å². The summed E-state index contributed by atoms with van der Waals surface area (Å²) in [5, 5.41) is 0. The van der Waals surface area contributed by atoms with Crippen LogP contribution in [0.3, 0.4) is 0 Å². The second-order valence-corrected chi connectivity index (χ2v) is 1.70. The number of carbonyl (C=O) groups is 1. The van der Waals surface area contributed by atoms with Gasteiger partial charge >= 0.3 is 0 Å². The van der Waals surface area contributed by atoms with Crippen molar-refractivity contribution in [3.05, 3.63) is 24.3 Å². The predicted octanol–water partition coefficient (Wildman–Crippen LogP) is 0.0398. The number of hydrogen-bond donors (Lipinski definition) is 1. The molecule has 0 saturated carbocycles. The van der Waals surface area contributed by atoms with Crippen LogP contribution in [0.5, 0.6) is 0 Å². The summed E-state index contributed by atoms with van der Waals surface area (Å²) in [6.07, 6.45) is 3.02. The Morgan fingerprint density at radius 1 is 1.45 bits per heavy atom. The van der Waals surface area contributed by atoms with Gasteiger partial charge in [0.15, 0.2) is 5.82 Å². The molecule has 5 heteroatoms. The molecule has 0 aliphatic carbocycles. The van der Waals surface area contributed by atoms with Crippen LogP contribution in [0.15, 0.2) is 18.5 Å². The molecule has 2 N–H and O–H groups in total. The van der Waals surface area contributed by atoms with Gasteiger partial charge < -0.3 is 5.73 Å². The van der Waals surface area contributed by atoms with Gasteiger partial charge in [-0.3, -0.25) is 4.79 Å². The maximum atomic E-state index is 10.8. The lowest BCUT2D eigenvalue weighted by atomic mass is 10.4. The van der Waals surface area contributed by atoms with Gasteiger partial charge in [-0.25, -0.2) is 9.97 Å². The van der Waals surface area contributed by atoms with Gasteiger partial charge in [-0.15, -0.1) is 12.4 Å². The summed E-state index contributed by atoms with van der Waals surface area (Å²) in [5.74, 6) is -0.0504. The molecule has 1 heterocycles. The van der Waals surface area contributed by atoms with Crippen molar-refractivity contribution in [2.75, 3.05) is 6.54 Å². The molecule has 0 spiro atoms. The molecule has 0 amide bonds. The van der Waals surface area contributed by atoms with Gasteiger partial charge in [0, 0.05) is 12.4 Å². The van der Waals surface area contributed by atoms with E-state index in [1.54, 1.807) is 6.07 Å². The number of hydrogen-bond acceptors (Lipinski definition) is 4. The van der Waals surface area contributed by atoms with Crippen LogP contribution in [0.25, 0.3) is 0 Å². The van der Waals surface area contributed by atoms with E-state index in [9.17, 15) is 4.79 Å². The molecule has 0 saturated heterocycles. The predicted molar refractivity (Wildman–Crippen MR) is 42.7 cm³/mol. The Bertz CT molecular complexity index is 227. The Kier molecular flexibility index (Phi) is 4.33. The minimum atomic E-state index is -0.236. The molecule has 0 aliphatic rings. The fourth-order valence-corrected chi connectivity index (χ4v) is 0.534. The van der Waals surface area contributed by atoms with Gasteiger partial charge in [-0.05, 0) is 6.07 Å². The van der Waals surface area contributed by atoms with E-state index in [0.717, 1.165) is 0 Å². The van der Waals surface area contributed by atoms with Crippen molar-refractivity contribution in [1.29, 1.82) is 0 Å². The first-order valence-electron chi connectivity index (χ1n) is 2.85. The first kappa shape index (κ1) is 10.0. The molecule has 1 aromatic heterocycles. The average Bonchev–Trinajstić information content (AvgIpc) is 2.05. The van der Waals surface area contributed by atoms with E-state index in [-0.39, 0.29) is 30.6 Å². The monoisotopic (exact) mass is 173 g/mol. The smallest absolute Gasteiger partial charge is 0.213 e. The lowest BCUT2D eigenvalue weighted by Gasteiger charge is -1.91. The summed E-state index contributed by atoms with van der Waals surface area (Å²) in [6.45, 7) is -0.0377. The second kappa shape index (κ2) is 4.76. The highest BCUT2D eigenvalue weighted by Gasteiger charge is 2.03. The third-order valence-corrected chi connectivity index (χ3v) is 1.00. The number of halogens is 1. The second-order valence-electron chi connectivity index (χ2n) is 1.70. The molecule has 0 unspecified atom stereocenters. The summed E-state index contributed by atoms with van der Waals surface area (Å²) in [6, 6.07) is 1.65. The number of ketones is 1. The largest absolute Gasteiger partial charge is 0.324 e. The number of nitrogens with zero attached hydrogens (tertiary/aromatic N) is 2. The Labute approximate surface area is 70.3 Å². The lowest BCUT2D eigenvalue weighted by Crippen LogP contribution is -2.16. The van der Waals surface area contributed by atoms with Crippen molar-refractivity contribution < 1.29 is 4.79 Å². The van der Waals surface area contributed by atoms with Crippen molar-refractivity contribution >= 4 is 18.2 Å². The van der Waals surface area contributed by atoms with Gasteiger partial charge in [0.1, 0.15) is 0 Å². The quantitative estimate of drug-likeness (QED) is 0.642.